The van der Waals surface area contributed by atoms with Crippen molar-refractivity contribution in [3.8, 4) is 0 Å². The average Bonchev–Trinajstić information content (AvgIpc) is 2.48. The lowest BCUT2D eigenvalue weighted by Crippen LogP contribution is -2.45. The van der Waals surface area contributed by atoms with Gasteiger partial charge in [-0.15, -0.1) is 0 Å². The number of hydrogen-bond acceptors (Lipinski definition) is 3. The molecule has 16 heavy (non-hydrogen) atoms. The Labute approximate surface area is 98.8 Å². The molecule has 0 radical (unpaired) electrons. The highest BCUT2D eigenvalue weighted by molar-refractivity contribution is 5.78. The molecule has 1 saturated heterocycles. The van der Waals surface area contributed by atoms with Crippen LogP contribution in [0.3, 0.4) is 0 Å². The summed E-state index contributed by atoms with van der Waals surface area (Å²) in [6, 6.07) is 0. The van der Waals surface area contributed by atoms with Crippen LogP contribution in [0.1, 0.15) is 27.2 Å². The Bertz CT molecular complexity index is 235. The van der Waals surface area contributed by atoms with Crippen molar-refractivity contribution < 1.29 is 4.79 Å². The molecule has 1 aliphatic rings. The van der Waals surface area contributed by atoms with Crippen molar-refractivity contribution in [1.82, 2.24) is 15.5 Å². The van der Waals surface area contributed by atoms with Crippen molar-refractivity contribution in [1.29, 1.82) is 0 Å². The topological polar surface area (TPSA) is 44.4 Å². The van der Waals surface area contributed by atoms with E-state index < -0.39 is 0 Å². The standard InChI is InChI=1S/C12H25N3O/c1-12(2,3)14-11(16)8-13-7-10-5-6-15(4)9-10/h10,13H,5-9H2,1-4H3,(H,14,16). The summed E-state index contributed by atoms with van der Waals surface area (Å²) in [6.45, 7) is 9.69. The molecule has 94 valence electrons. The number of likely N-dealkylation sites (tertiary alicyclic amines) is 1. The fourth-order valence-corrected chi connectivity index (χ4v) is 2.05. The van der Waals surface area contributed by atoms with E-state index in [1.165, 1.54) is 13.0 Å². The molecule has 0 spiro atoms. The van der Waals surface area contributed by atoms with Crippen molar-refractivity contribution in [2.24, 2.45) is 5.92 Å². The minimum Gasteiger partial charge on any atom is -0.350 e. The quantitative estimate of drug-likeness (QED) is 0.732. The third kappa shape index (κ3) is 5.47. The number of rotatable bonds is 4. The summed E-state index contributed by atoms with van der Waals surface area (Å²) < 4.78 is 0. The van der Waals surface area contributed by atoms with Crippen LogP contribution >= 0.6 is 0 Å². The molecular formula is C12H25N3O. The molecule has 4 heteroatoms. The molecule has 1 heterocycles. The van der Waals surface area contributed by atoms with Gasteiger partial charge in [0.1, 0.15) is 0 Å². The Hall–Kier alpha value is -0.610. The zero-order valence-corrected chi connectivity index (χ0v) is 11.0. The fourth-order valence-electron chi connectivity index (χ4n) is 2.05. The van der Waals surface area contributed by atoms with E-state index in [1.54, 1.807) is 0 Å². The van der Waals surface area contributed by atoms with Crippen molar-refractivity contribution in [3.63, 3.8) is 0 Å². The fraction of sp³-hybridized carbons (Fsp3) is 0.917. The summed E-state index contributed by atoms with van der Waals surface area (Å²) in [5, 5.41) is 6.17. The monoisotopic (exact) mass is 227 g/mol. The first-order chi connectivity index (χ1) is 7.37. The number of amides is 1. The maximum Gasteiger partial charge on any atom is 0.234 e. The first-order valence-electron chi connectivity index (χ1n) is 6.07. The molecule has 1 atom stereocenters. The molecule has 0 aliphatic carbocycles. The third-order valence-corrected chi connectivity index (χ3v) is 2.72. The average molecular weight is 227 g/mol. The van der Waals surface area contributed by atoms with Gasteiger partial charge in [-0.2, -0.15) is 0 Å². The van der Waals surface area contributed by atoms with Crippen LogP contribution in [0.15, 0.2) is 0 Å². The minimum absolute atomic E-state index is 0.0823. The maximum atomic E-state index is 11.5. The van der Waals surface area contributed by atoms with Gasteiger partial charge in [-0.05, 0) is 53.2 Å². The number of nitrogens with zero attached hydrogens (tertiary/aromatic N) is 1. The van der Waals surface area contributed by atoms with Crippen molar-refractivity contribution in [2.45, 2.75) is 32.7 Å². The molecule has 1 amide bonds. The lowest BCUT2D eigenvalue weighted by atomic mass is 10.1. The first-order valence-corrected chi connectivity index (χ1v) is 6.07. The Morgan fingerprint density at radius 3 is 2.62 bits per heavy atom. The lowest BCUT2D eigenvalue weighted by Gasteiger charge is -2.21. The maximum absolute atomic E-state index is 11.5. The summed E-state index contributed by atoms with van der Waals surface area (Å²) in [4.78, 5) is 13.8. The van der Waals surface area contributed by atoms with E-state index >= 15 is 0 Å². The second-order valence-corrected chi connectivity index (χ2v) is 5.85. The molecule has 1 rings (SSSR count). The largest absolute Gasteiger partial charge is 0.350 e. The molecule has 0 aromatic heterocycles. The van der Waals surface area contributed by atoms with Crippen LogP contribution in [0.25, 0.3) is 0 Å². The summed E-state index contributed by atoms with van der Waals surface area (Å²) in [7, 11) is 2.15. The molecule has 1 fully saturated rings. The Balaban J connectivity index is 2.09. The van der Waals surface area contributed by atoms with Gasteiger partial charge in [0.15, 0.2) is 0 Å². The minimum atomic E-state index is -0.133. The zero-order valence-electron chi connectivity index (χ0n) is 11.0. The second-order valence-electron chi connectivity index (χ2n) is 5.85. The summed E-state index contributed by atoms with van der Waals surface area (Å²) in [5.41, 5.74) is -0.133. The molecule has 0 saturated carbocycles. The van der Waals surface area contributed by atoms with E-state index in [0.717, 1.165) is 13.1 Å². The van der Waals surface area contributed by atoms with E-state index in [4.69, 9.17) is 0 Å². The number of hydrogen-bond donors (Lipinski definition) is 2. The van der Waals surface area contributed by atoms with Crippen molar-refractivity contribution >= 4 is 5.91 Å². The Morgan fingerprint density at radius 2 is 2.12 bits per heavy atom. The summed E-state index contributed by atoms with van der Waals surface area (Å²) in [5.74, 6) is 0.784. The third-order valence-electron chi connectivity index (χ3n) is 2.72. The normalized spacial score (nSPS) is 22.4. The number of carbonyl (C=O) groups is 1. The molecule has 2 N–H and O–H groups in total. The second kappa shape index (κ2) is 5.64. The van der Waals surface area contributed by atoms with Crippen LogP contribution in [0.4, 0.5) is 0 Å². The van der Waals surface area contributed by atoms with Crippen LogP contribution in [0, 0.1) is 5.92 Å². The van der Waals surface area contributed by atoms with Crippen LogP contribution in [0.2, 0.25) is 0 Å². The summed E-state index contributed by atoms with van der Waals surface area (Å²) in [6.07, 6.45) is 1.24. The van der Waals surface area contributed by atoms with Gasteiger partial charge in [-0.25, -0.2) is 0 Å². The van der Waals surface area contributed by atoms with Crippen LogP contribution < -0.4 is 10.6 Å². The Morgan fingerprint density at radius 1 is 1.44 bits per heavy atom. The number of carbonyl (C=O) groups excluding carboxylic acids is 1. The van der Waals surface area contributed by atoms with Crippen LogP contribution in [-0.4, -0.2) is 49.6 Å². The molecular weight excluding hydrogens is 202 g/mol. The van der Waals surface area contributed by atoms with Crippen LogP contribution in [-0.2, 0) is 4.79 Å². The smallest absolute Gasteiger partial charge is 0.234 e. The highest BCUT2D eigenvalue weighted by Crippen LogP contribution is 2.12. The van der Waals surface area contributed by atoms with Crippen molar-refractivity contribution in [2.75, 3.05) is 33.2 Å². The van der Waals surface area contributed by atoms with E-state index in [-0.39, 0.29) is 11.4 Å². The molecule has 0 aromatic rings. The van der Waals surface area contributed by atoms with E-state index in [1.807, 2.05) is 20.8 Å². The zero-order chi connectivity index (χ0) is 12.2. The van der Waals surface area contributed by atoms with Crippen molar-refractivity contribution in [3.05, 3.63) is 0 Å². The van der Waals surface area contributed by atoms with Gasteiger partial charge < -0.3 is 15.5 Å². The first kappa shape index (κ1) is 13.5. The highest BCUT2D eigenvalue weighted by Gasteiger charge is 2.19. The van der Waals surface area contributed by atoms with Gasteiger partial charge >= 0.3 is 0 Å². The van der Waals surface area contributed by atoms with E-state index in [0.29, 0.717) is 12.5 Å². The SMILES string of the molecule is CN1CCC(CNCC(=O)NC(C)(C)C)C1. The van der Waals surface area contributed by atoms with Gasteiger partial charge in [0.25, 0.3) is 0 Å². The van der Waals surface area contributed by atoms with Gasteiger partial charge in [0.05, 0.1) is 6.54 Å². The van der Waals surface area contributed by atoms with Gasteiger partial charge in [0, 0.05) is 12.1 Å². The number of nitrogens with one attached hydrogen (secondary N) is 2. The summed E-state index contributed by atoms with van der Waals surface area (Å²) >= 11 is 0. The molecule has 4 nitrogen and oxygen atoms in total. The Kier molecular flexibility index (Phi) is 4.74. The molecule has 0 aromatic carbocycles. The van der Waals surface area contributed by atoms with E-state index in [9.17, 15) is 4.79 Å². The van der Waals surface area contributed by atoms with Crippen LogP contribution in [0.5, 0.6) is 0 Å². The molecule has 1 aliphatic heterocycles. The predicted octanol–water partition coefficient (Wildman–Crippen LogP) is 0.442. The molecule has 0 bridgehead atoms. The van der Waals surface area contributed by atoms with E-state index in [2.05, 4.69) is 22.6 Å². The molecule has 1 unspecified atom stereocenters. The predicted molar refractivity (Wildman–Crippen MR) is 66.4 cm³/mol. The van der Waals surface area contributed by atoms with Gasteiger partial charge in [-0.1, -0.05) is 0 Å². The van der Waals surface area contributed by atoms with Gasteiger partial charge in [-0.3, -0.25) is 4.79 Å². The van der Waals surface area contributed by atoms with Gasteiger partial charge in [0.2, 0.25) is 5.91 Å². The highest BCUT2D eigenvalue weighted by atomic mass is 16.2. The lowest BCUT2D eigenvalue weighted by molar-refractivity contribution is -0.121.